The van der Waals surface area contributed by atoms with Gasteiger partial charge in [-0.15, -0.1) is 24.8 Å². The number of piperazine rings is 1. The zero-order valence-electron chi connectivity index (χ0n) is 9.42. The maximum absolute atomic E-state index is 11.2. The van der Waals surface area contributed by atoms with E-state index in [0.29, 0.717) is 6.54 Å². The highest BCUT2D eigenvalue weighted by Gasteiger charge is 2.23. The summed E-state index contributed by atoms with van der Waals surface area (Å²) in [5.41, 5.74) is 0. The Morgan fingerprint density at radius 2 is 1.53 bits per heavy atom. The van der Waals surface area contributed by atoms with E-state index in [9.17, 15) is 9.59 Å². The van der Waals surface area contributed by atoms with Crippen LogP contribution in [0.25, 0.3) is 0 Å². The summed E-state index contributed by atoms with van der Waals surface area (Å²) in [6, 6.07) is 0. The molecule has 1 saturated heterocycles. The molecule has 0 aromatic carbocycles. The minimum Gasteiger partial charge on any atom is -0.314 e. The van der Waals surface area contributed by atoms with Gasteiger partial charge in [-0.1, -0.05) is 0 Å². The Hall–Kier alpha value is -0.620. The fourth-order valence-corrected chi connectivity index (χ4v) is 1.83. The van der Waals surface area contributed by atoms with Gasteiger partial charge in [0.15, 0.2) is 0 Å². The number of hydrogen-bond acceptors (Lipinski definition) is 4. The van der Waals surface area contributed by atoms with Crippen LogP contribution in [0, 0.1) is 0 Å². The van der Waals surface area contributed by atoms with Crippen LogP contribution < -0.4 is 5.32 Å². The number of hydrogen-bond donors (Lipinski definition) is 1. The van der Waals surface area contributed by atoms with Gasteiger partial charge < -0.3 is 5.32 Å². The van der Waals surface area contributed by atoms with Crippen molar-refractivity contribution in [1.82, 2.24) is 15.1 Å². The molecule has 2 aliphatic rings. The number of carbonyl (C=O) groups excluding carboxylic acids is 2. The fourth-order valence-electron chi connectivity index (χ4n) is 1.83. The molecule has 17 heavy (non-hydrogen) atoms. The van der Waals surface area contributed by atoms with Crippen molar-refractivity contribution in [3.63, 3.8) is 0 Å². The van der Waals surface area contributed by atoms with Gasteiger partial charge in [0.25, 0.3) is 11.8 Å². The Morgan fingerprint density at radius 1 is 1.00 bits per heavy atom. The van der Waals surface area contributed by atoms with Crippen LogP contribution in [-0.2, 0) is 9.59 Å². The van der Waals surface area contributed by atoms with Crippen molar-refractivity contribution in [3.8, 4) is 0 Å². The topological polar surface area (TPSA) is 52.7 Å². The van der Waals surface area contributed by atoms with Gasteiger partial charge in [-0.25, -0.2) is 0 Å². The molecular weight excluding hydrogens is 265 g/mol. The van der Waals surface area contributed by atoms with Crippen LogP contribution in [-0.4, -0.2) is 60.9 Å². The van der Waals surface area contributed by atoms with Gasteiger partial charge in [0.05, 0.1) is 0 Å². The maximum Gasteiger partial charge on any atom is 0.253 e. The summed E-state index contributed by atoms with van der Waals surface area (Å²) in [5.74, 6) is -0.370. The Morgan fingerprint density at radius 3 is 2.06 bits per heavy atom. The Bertz CT molecular complexity index is 286. The molecule has 0 atom stereocenters. The van der Waals surface area contributed by atoms with Crippen molar-refractivity contribution >= 4 is 36.6 Å². The van der Waals surface area contributed by atoms with E-state index >= 15 is 0 Å². The standard InChI is InChI=1S/C10H15N3O2.2ClH/c14-9-1-2-10(15)13(9)8-7-12-5-3-11-4-6-12;;/h1-2,11H,3-8H2;2*1H. The summed E-state index contributed by atoms with van der Waals surface area (Å²) in [4.78, 5) is 26.0. The third-order valence-electron chi connectivity index (χ3n) is 2.75. The van der Waals surface area contributed by atoms with Crippen molar-refractivity contribution in [2.45, 2.75) is 0 Å². The zero-order chi connectivity index (χ0) is 10.7. The van der Waals surface area contributed by atoms with E-state index in [1.54, 1.807) is 0 Å². The first-order valence-electron chi connectivity index (χ1n) is 5.24. The molecule has 2 aliphatic heterocycles. The lowest BCUT2D eigenvalue weighted by Gasteiger charge is -2.28. The van der Waals surface area contributed by atoms with Crippen LogP contribution in [0.1, 0.15) is 0 Å². The highest BCUT2D eigenvalue weighted by Crippen LogP contribution is 2.03. The smallest absolute Gasteiger partial charge is 0.253 e. The van der Waals surface area contributed by atoms with Gasteiger partial charge in [0.2, 0.25) is 0 Å². The number of nitrogens with zero attached hydrogens (tertiary/aromatic N) is 2. The minimum atomic E-state index is -0.185. The van der Waals surface area contributed by atoms with Gasteiger partial charge in [-0.3, -0.25) is 19.4 Å². The van der Waals surface area contributed by atoms with Crippen LogP contribution >= 0.6 is 24.8 Å². The molecule has 7 heteroatoms. The van der Waals surface area contributed by atoms with Gasteiger partial charge in [-0.05, 0) is 0 Å². The van der Waals surface area contributed by atoms with Crippen LogP contribution in [0.15, 0.2) is 12.2 Å². The highest BCUT2D eigenvalue weighted by atomic mass is 35.5. The summed E-state index contributed by atoms with van der Waals surface area (Å²) in [5, 5.41) is 3.26. The molecule has 2 amide bonds. The normalized spacial score (nSPS) is 20.1. The second kappa shape index (κ2) is 7.66. The van der Waals surface area contributed by atoms with E-state index in [1.807, 2.05) is 0 Å². The molecule has 2 rings (SSSR count). The molecule has 0 aromatic rings. The van der Waals surface area contributed by atoms with Gasteiger partial charge in [0.1, 0.15) is 0 Å². The molecule has 0 aromatic heterocycles. The van der Waals surface area contributed by atoms with E-state index in [4.69, 9.17) is 0 Å². The first kappa shape index (κ1) is 16.4. The van der Waals surface area contributed by atoms with Crippen molar-refractivity contribution in [2.24, 2.45) is 0 Å². The van der Waals surface area contributed by atoms with Crippen molar-refractivity contribution in [2.75, 3.05) is 39.3 Å². The average Bonchev–Trinajstić information content (AvgIpc) is 2.58. The number of nitrogens with one attached hydrogen (secondary N) is 1. The van der Waals surface area contributed by atoms with Gasteiger partial charge >= 0.3 is 0 Å². The first-order valence-corrected chi connectivity index (χ1v) is 5.24. The van der Waals surface area contributed by atoms with Gasteiger partial charge in [-0.2, -0.15) is 0 Å². The Balaban J connectivity index is 0.00000128. The predicted octanol–water partition coefficient (Wildman–Crippen LogP) is -0.340. The average molecular weight is 282 g/mol. The number of halogens is 2. The third kappa shape index (κ3) is 4.27. The minimum absolute atomic E-state index is 0. The molecule has 0 radical (unpaired) electrons. The van der Waals surface area contributed by atoms with Crippen molar-refractivity contribution in [1.29, 1.82) is 0 Å². The molecule has 1 fully saturated rings. The molecule has 0 saturated carbocycles. The van der Waals surface area contributed by atoms with Crippen LogP contribution in [0.2, 0.25) is 0 Å². The lowest BCUT2D eigenvalue weighted by atomic mass is 10.3. The predicted molar refractivity (Wildman–Crippen MR) is 69.7 cm³/mol. The van der Waals surface area contributed by atoms with E-state index in [0.717, 1.165) is 32.7 Å². The number of rotatable bonds is 3. The summed E-state index contributed by atoms with van der Waals surface area (Å²) in [7, 11) is 0. The molecular formula is C10H17Cl2N3O2. The van der Waals surface area contributed by atoms with Crippen molar-refractivity contribution < 1.29 is 9.59 Å². The lowest BCUT2D eigenvalue weighted by Crippen LogP contribution is -2.47. The number of carbonyl (C=O) groups is 2. The van der Waals surface area contributed by atoms with E-state index < -0.39 is 0 Å². The molecule has 98 valence electrons. The SMILES string of the molecule is Cl.Cl.O=C1C=CC(=O)N1CCN1CCNCC1. The molecule has 0 unspecified atom stereocenters. The van der Waals surface area contributed by atoms with E-state index in [2.05, 4.69) is 10.2 Å². The molecule has 0 aliphatic carbocycles. The summed E-state index contributed by atoms with van der Waals surface area (Å²) in [6.07, 6.45) is 2.67. The maximum atomic E-state index is 11.2. The highest BCUT2D eigenvalue weighted by molar-refractivity contribution is 6.12. The monoisotopic (exact) mass is 281 g/mol. The molecule has 0 spiro atoms. The Labute approximate surface area is 113 Å². The largest absolute Gasteiger partial charge is 0.314 e. The van der Waals surface area contributed by atoms with Gasteiger partial charge in [0, 0.05) is 51.4 Å². The summed E-state index contributed by atoms with van der Waals surface area (Å²) >= 11 is 0. The number of imide groups is 1. The van der Waals surface area contributed by atoms with Crippen LogP contribution in [0.4, 0.5) is 0 Å². The van der Waals surface area contributed by atoms with E-state index in [-0.39, 0.29) is 36.6 Å². The third-order valence-corrected chi connectivity index (χ3v) is 2.75. The molecule has 0 bridgehead atoms. The second-order valence-corrected chi connectivity index (χ2v) is 3.75. The van der Waals surface area contributed by atoms with E-state index in [1.165, 1.54) is 17.1 Å². The Kier molecular flexibility index (Phi) is 7.38. The second-order valence-electron chi connectivity index (χ2n) is 3.75. The van der Waals surface area contributed by atoms with Crippen LogP contribution in [0.5, 0.6) is 0 Å². The summed E-state index contributed by atoms with van der Waals surface area (Å²) < 4.78 is 0. The number of amides is 2. The quantitative estimate of drug-likeness (QED) is 0.720. The molecule has 5 nitrogen and oxygen atoms in total. The molecule has 2 heterocycles. The zero-order valence-corrected chi connectivity index (χ0v) is 11.1. The lowest BCUT2D eigenvalue weighted by molar-refractivity contribution is -0.137. The van der Waals surface area contributed by atoms with Crippen molar-refractivity contribution in [3.05, 3.63) is 12.2 Å². The summed E-state index contributed by atoms with van der Waals surface area (Å²) in [6.45, 7) is 5.24. The molecule has 1 N–H and O–H groups in total. The fraction of sp³-hybridized carbons (Fsp3) is 0.600. The first-order chi connectivity index (χ1) is 7.27. The van der Waals surface area contributed by atoms with Crippen LogP contribution in [0.3, 0.4) is 0 Å².